The zero-order chi connectivity index (χ0) is 15.4. The van der Waals surface area contributed by atoms with E-state index in [1.807, 2.05) is 30.3 Å². The fourth-order valence-corrected chi connectivity index (χ4v) is 3.34. The van der Waals surface area contributed by atoms with Crippen molar-refractivity contribution in [3.05, 3.63) is 48.0 Å². The molecule has 22 heavy (non-hydrogen) atoms. The lowest BCUT2D eigenvalue weighted by molar-refractivity contribution is -0.153. The Morgan fingerprint density at radius 1 is 1.14 bits per heavy atom. The maximum atomic E-state index is 12.0. The minimum absolute atomic E-state index is 0.0490. The first-order valence-electron chi connectivity index (χ1n) is 7.88. The maximum Gasteiger partial charge on any atom is 0.310 e. The molecule has 0 aliphatic heterocycles. The number of hydrogen-bond donors (Lipinski definition) is 1. The fraction of sp³-hybridized carbons (Fsp3) is 0.444. The molecular formula is C18H21NO3. The van der Waals surface area contributed by atoms with Gasteiger partial charge < -0.3 is 10.1 Å². The molecule has 4 heteroatoms. The summed E-state index contributed by atoms with van der Waals surface area (Å²) in [4.78, 5) is 23.7. The number of esters is 1. The standard InChI is InChI=1S/C18H21NO3/c20-17(19-9-8-13-4-2-1-3-5-13)12-22-18(21)16-11-14-6-7-15(16)10-14/h1-7,14-16H,8-12H2,(H,19,20)/t14-,15-,16-/m0/s1. The monoisotopic (exact) mass is 299 g/mol. The Labute approximate surface area is 130 Å². The first kappa shape index (κ1) is 14.8. The van der Waals surface area contributed by atoms with E-state index in [2.05, 4.69) is 17.5 Å². The molecule has 1 aromatic carbocycles. The van der Waals surface area contributed by atoms with Gasteiger partial charge in [0.25, 0.3) is 5.91 Å². The number of carbonyl (C=O) groups is 2. The summed E-state index contributed by atoms with van der Waals surface area (Å²) in [5, 5.41) is 2.78. The lowest BCUT2D eigenvalue weighted by Gasteiger charge is -2.16. The molecule has 0 spiro atoms. The van der Waals surface area contributed by atoms with Gasteiger partial charge in [-0.2, -0.15) is 0 Å². The van der Waals surface area contributed by atoms with E-state index in [1.54, 1.807) is 0 Å². The van der Waals surface area contributed by atoms with E-state index in [0.29, 0.717) is 18.4 Å². The molecule has 0 saturated heterocycles. The Kier molecular flexibility index (Phi) is 4.56. The van der Waals surface area contributed by atoms with Crippen LogP contribution in [0.5, 0.6) is 0 Å². The van der Waals surface area contributed by atoms with Crippen LogP contribution in [0.25, 0.3) is 0 Å². The number of amides is 1. The maximum absolute atomic E-state index is 12.0. The van der Waals surface area contributed by atoms with Crippen LogP contribution >= 0.6 is 0 Å². The molecule has 2 aliphatic rings. The van der Waals surface area contributed by atoms with Gasteiger partial charge in [0.1, 0.15) is 0 Å². The summed E-state index contributed by atoms with van der Waals surface area (Å²) in [6, 6.07) is 9.96. The number of benzene rings is 1. The predicted molar refractivity (Wildman–Crippen MR) is 83.0 cm³/mol. The SMILES string of the molecule is O=C(COC(=O)[C@H]1C[C@H]2C=C[C@H]1C2)NCCc1ccccc1. The van der Waals surface area contributed by atoms with Gasteiger partial charge in [0.05, 0.1) is 5.92 Å². The molecule has 1 saturated carbocycles. The topological polar surface area (TPSA) is 55.4 Å². The fourth-order valence-electron chi connectivity index (χ4n) is 3.34. The predicted octanol–water partition coefficient (Wildman–Crippen LogP) is 2.10. The molecule has 1 N–H and O–H groups in total. The molecule has 0 heterocycles. The Morgan fingerprint density at radius 3 is 2.64 bits per heavy atom. The van der Waals surface area contributed by atoms with Crippen LogP contribution in [0.2, 0.25) is 0 Å². The Balaban J connectivity index is 1.34. The van der Waals surface area contributed by atoms with Crippen LogP contribution in [0.4, 0.5) is 0 Å². The molecule has 0 radical (unpaired) electrons. The molecule has 3 atom stereocenters. The van der Waals surface area contributed by atoms with Gasteiger partial charge in [-0.05, 0) is 36.7 Å². The van der Waals surface area contributed by atoms with E-state index >= 15 is 0 Å². The van der Waals surface area contributed by atoms with Crippen LogP contribution < -0.4 is 5.32 Å². The highest BCUT2D eigenvalue weighted by molar-refractivity contribution is 5.81. The van der Waals surface area contributed by atoms with Gasteiger partial charge in [-0.3, -0.25) is 9.59 Å². The quantitative estimate of drug-likeness (QED) is 0.646. The normalized spacial score (nSPS) is 25.2. The number of ether oxygens (including phenoxy) is 1. The van der Waals surface area contributed by atoms with Crippen LogP contribution in [-0.2, 0) is 20.7 Å². The molecular weight excluding hydrogens is 278 g/mol. The van der Waals surface area contributed by atoms with E-state index in [9.17, 15) is 9.59 Å². The van der Waals surface area contributed by atoms with Crippen molar-refractivity contribution in [2.24, 2.45) is 17.8 Å². The van der Waals surface area contributed by atoms with Crippen molar-refractivity contribution in [1.29, 1.82) is 0 Å². The summed E-state index contributed by atoms with van der Waals surface area (Å²) in [6.07, 6.45) is 7.00. The van der Waals surface area contributed by atoms with Crippen molar-refractivity contribution in [2.45, 2.75) is 19.3 Å². The second-order valence-corrected chi connectivity index (χ2v) is 6.08. The summed E-state index contributed by atoms with van der Waals surface area (Å²) in [5.41, 5.74) is 1.17. The van der Waals surface area contributed by atoms with Gasteiger partial charge in [-0.15, -0.1) is 0 Å². The average Bonchev–Trinajstić information content (AvgIpc) is 3.17. The van der Waals surface area contributed by atoms with Gasteiger partial charge in [0.15, 0.2) is 6.61 Å². The van der Waals surface area contributed by atoms with E-state index in [0.717, 1.165) is 19.3 Å². The highest BCUT2D eigenvalue weighted by Gasteiger charge is 2.40. The number of rotatable bonds is 6. The van der Waals surface area contributed by atoms with Gasteiger partial charge in [0.2, 0.25) is 0 Å². The second-order valence-electron chi connectivity index (χ2n) is 6.08. The number of nitrogens with one attached hydrogen (secondary N) is 1. The molecule has 4 nitrogen and oxygen atoms in total. The van der Waals surface area contributed by atoms with E-state index in [-0.39, 0.29) is 24.4 Å². The van der Waals surface area contributed by atoms with Crippen molar-refractivity contribution in [1.82, 2.24) is 5.32 Å². The number of carbonyl (C=O) groups excluding carboxylic acids is 2. The van der Waals surface area contributed by atoms with Gasteiger partial charge in [-0.1, -0.05) is 42.5 Å². The minimum atomic E-state index is -0.233. The highest BCUT2D eigenvalue weighted by atomic mass is 16.5. The zero-order valence-electron chi connectivity index (χ0n) is 12.5. The second kappa shape index (κ2) is 6.77. The summed E-state index contributed by atoms with van der Waals surface area (Å²) in [7, 11) is 0. The van der Waals surface area contributed by atoms with Crippen molar-refractivity contribution in [3.63, 3.8) is 0 Å². The van der Waals surface area contributed by atoms with E-state index in [1.165, 1.54) is 5.56 Å². The van der Waals surface area contributed by atoms with Crippen LogP contribution in [0.1, 0.15) is 18.4 Å². The molecule has 116 valence electrons. The molecule has 0 aromatic heterocycles. The summed E-state index contributed by atoms with van der Waals surface area (Å²) in [6.45, 7) is 0.377. The number of allylic oxidation sites excluding steroid dienone is 2. The number of hydrogen-bond acceptors (Lipinski definition) is 3. The minimum Gasteiger partial charge on any atom is -0.455 e. The highest BCUT2D eigenvalue weighted by Crippen LogP contribution is 2.43. The van der Waals surface area contributed by atoms with Crippen LogP contribution in [-0.4, -0.2) is 25.0 Å². The lowest BCUT2D eigenvalue weighted by Crippen LogP contribution is -2.32. The Hall–Kier alpha value is -2.10. The van der Waals surface area contributed by atoms with Crippen LogP contribution in [0, 0.1) is 17.8 Å². The van der Waals surface area contributed by atoms with E-state index in [4.69, 9.17) is 4.74 Å². The van der Waals surface area contributed by atoms with Crippen LogP contribution in [0.15, 0.2) is 42.5 Å². The van der Waals surface area contributed by atoms with Crippen molar-refractivity contribution in [2.75, 3.05) is 13.2 Å². The summed E-state index contributed by atoms with van der Waals surface area (Å²) >= 11 is 0. The molecule has 2 aliphatic carbocycles. The average molecular weight is 299 g/mol. The molecule has 0 unspecified atom stereocenters. The smallest absolute Gasteiger partial charge is 0.310 e. The van der Waals surface area contributed by atoms with Gasteiger partial charge in [0, 0.05) is 6.54 Å². The molecule has 1 aromatic rings. The molecule has 1 fully saturated rings. The van der Waals surface area contributed by atoms with Crippen molar-refractivity contribution in [3.8, 4) is 0 Å². The lowest BCUT2D eigenvalue weighted by atomic mass is 9.94. The summed E-state index contributed by atoms with van der Waals surface area (Å²) < 4.78 is 5.16. The first-order valence-corrected chi connectivity index (χ1v) is 7.88. The third-order valence-corrected chi connectivity index (χ3v) is 4.51. The third-order valence-electron chi connectivity index (χ3n) is 4.51. The van der Waals surface area contributed by atoms with E-state index < -0.39 is 0 Å². The van der Waals surface area contributed by atoms with Gasteiger partial charge in [-0.25, -0.2) is 0 Å². The van der Waals surface area contributed by atoms with Crippen molar-refractivity contribution >= 4 is 11.9 Å². The largest absolute Gasteiger partial charge is 0.455 e. The van der Waals surface area contributed by atoms with Gasteiger partial charge >= 0.3 is 5.97 Å². The third kappa shape index (κ3) is 3.56. The first-order chi connectivity index (χ1) is 10.7. The Morgan fingerprint density at radius 2 is 1.95 bits per heavy atom. The Bertz CT molecular complexity index is 567. The summed E-state index contributed by atoms with van der Waals surface area (Å²) in [5.74, 6) is 0.339. The van der Waals surface area contributed by atoms with Crippen molar-refractivity contribution < 1.29 is 14.3 Å². The molecule has 1 amide bonds. The number of fused-ring (bicyclic) bond motifs is 2. The zero-order valence-corrected chi connectivity index (χ0v) is 12.5. The molecule has 3 rings (SSSR count). The molecule has 2 bridgehead atoms. The van der Waals surface area contributed by atoms with Crippen LogP contribution in [0.3, 0.4) is 0 Å².